The lowest BCUT2D eigenvalue weighted by Gasteiger charge is -2.31. The highest BCUT2D eigenvalue weighted by Gasteiger charge is 2.52. The number of hydrogen-bond donors (Lipinski definition) is 0. The van der Waals surface area contributed by atoms with Crippen LogP contribution >= 0.6 is 0 Å². The molecule has 1 atom stereocenters. The van der Waals surface area contributed by atoms with E-state index in [-0.39, 0.29) is 0 Å². The number of ether oxygens (including phenoxy) is 1. The largest absolute Gasteiger partial charge is 0.464 e. The van der Waals surface area contributed by atoms with Gasteiger partial charge in [-0.1, -0.05) is 49.6 Å². The first-order valence-electron chi connectivity index (χ1n) is 8.14. The van der Waals surface area contributed by atoms with Crippen LogP contribution in [0.25, 0.3) is 6.08 Å². The number of rotatable bonds is 3. The van der Waals surface area contributed by atoms with E-state index in [1.807, 2.05) is 24.3 Å². The molecule has 2 aliphatic carbocycles. The highest BCUT2D eigenvalue weighted by molar-refractivity contribution is 5.97. The van der Waals surface area contributed by atoms with E-state index in [4.69, 9.17) is 4.74 Å². The smallest absolute Gasteiger partial charge is 0.335 e. The van der Waals surface area contributed by atoms with Crippen LogP contribution in [0.2, 0.25) is 0 Å². The fraction of sp³-hybridized carbons (Fsp3) is 0.474. The Morgan fingerprint density at radius 2 is 2.05 bits per heavy atom. The number of nitriles is 1. The molecule has 0 saturated heterocycles. The Labute approximate surface area is 131 Å². The zero-order chi connectivity index (χ0) is 15.6. The molecule has 0 heterocycles. The minimum atomic E-state index is -1.24. The molecule has 3 rings (SSSR count). The van der Waals surface area contributed by atoms with Gasteiger partial charge in [0.25, 0.3) is 0 Å². The van der Waals surface area contributed by atoms with Crippen LogP contribution in [0.3, 0.4) is 0 Å². The number of fused-ring (bicyclic) bond motifs is 1. The molecule has 0 spiro atoms. The molecular weight excluding hydrogens is 274 g/mol. The molecule has 3 nitrogen and oxygen atoms in total. The normalized spacial score (nSPS) is 24.3. The van der Waals surface area contributed by atoms with E-state index in [2.05, 4.69) is 12.1 Å². The zero-order valence-corrected chi connectivity index (χ0v) is 13.0. The quantitative estimate of drug-likeness (QED) is 0.792. The van der Waals surface area contributed by atoms with E-state index in [1.165, 1.54) is 19.3 Å². The average Bonchev–Trinajstić information content (AvgIpc) is 2.91. The summed E-state index contributed by atoms with van der Waals surface area (Å²) in [6.45, 7) is 2.08. The lowest BCUT2D eigenvalue weighted by Crippen LogP contribution is -2.39. The van der Waals surface area contributed by atoms with Crippen molar-refractivity contribution in [2.45, 2.75) is 44.4 Å². The minimum Gasteiger partial charge on any atom is -0.464 e. The van der Waals surface area contributed by atoms with Crippen LogP contribution in [0, 0.1) is 17.2 Å². The molecule has 1 aromatic carbocycles. The van der Waals surface area contributed by atoms with Crippen molar-refractivity contribution in [2.24, 2.45) is 5.92 Å². The van der Waals surface area contributed by atoms with Gasteiger partial charge in [0.05, 0.1) is 12.7 Å². The summed E-state index contributed by atoms with van der Waals surface area (Å²) in [5.74, 6) is -0.107. The summed E-state index contributed by atoms with van der Waals surface area (Å²) < 4.78 is 5.30. The molecule has 0 radical (unpaired) electrons. The van der Waals surface area contributed by atoms with Crippen molar-refractivity contribution >= 4 is 12.0 Å². The van der Waals surface area contributed by atoms with Crippen LogP contribution in [-0.2, 0) is 14.9 Å². The van der Waals surface area contributed by atoms with E-state index in [1.54, 1.807) is 6.92 Å². The first-order chi connectivity index (χ1) is 10.7. The van der Waals surface area contributed by atoms with Crippen molar-refractivity contribution in [1.29, 1.82) is 5.26 Å². The molecule has 1 fully saturated rings. The summed E-state index contributed by atoms with van der Waals surface area (Å²) in [4.78, 5) is 12.7. The molecule has 1 saturated carbocycles. The zero-order valence-electron chi connectivity index (χ0n) is 13.0. The van der Waals surface area contributed by atoms with Gasteiger partial charge in [-0.05, 0) is 42.4 Å². The van der Waals surface area contributed by atoms with E-state index in [0.717, 1.165) is 29.5 Å². The number of benzene rings is 1. The van der Waals surface area contributed by atoms with Crippen LogP contribution in [0.5, 0.6) is 0 Å². The van der Waals surface area contributed by atoms with Gasteiger partial charge in [-0.25, -0.2) is 4.79 Å². The van der Waals surface area contributed by atoms with Crippen LogP contribution < -0.4 is 0 Å². The molecule has 0 N–H and O–H groups in total. The van der Waals surface area contributed by atoms with Crippen LogP contribution in [0.4, 0.5) is 0 Å². The SMILES string of the molecule is CCOC(=O)C1(C#N)C(C2CCCCC2)=Cc2ccccc21. The van der Waals surface area contributed by atoms with Gasteiger partial charge in [-0.15, -0.1) is 0 Å². The maximum Gasteiger partial charge on any atom is 0.335 e. The van der Waals surface area contributed by atoms with E-state index in [0.29, 0.717) is 12.5 Å². The summed E-state index contributed by atoms with van der Waals surface area (Å²) in [5, 5.41) is 9.97. The Bertz CT molecular complexity index is 650. The fourth-order valence-electron chi connectivity index (χ4n) is 3.87. The molecular formula is C19H21NO2. The maximum absolute atomic E-state index is 12.7. The molecule has 1 aromatic rings. The van der Waals surface area contributed by atoms with E-state index >= 15 is 0 Å². The third-order valence-corrected chi connectivity index (χ3v) is 4.90. The maximum atomic E-state index is 12.7. The van der Waals surface area contributed by atoms with Gasteiger partial charge in [0.15, 0.2) is 0 Å². The van der Waals surface area contributed by atoms with Crippen molar-refractivity contribution in [3.05, 3.63) is 41.0 Å². The molecule has 2 aliphatic rings. The topological polar surface area (TPSA) is 50.1 Å². The molecule has 1 unspecified atom stereocenters. The summed E-state index contributed by atoms with van der Waals surface area (Å²) in [7, 11) is 0. The summed E-state index contributed by atoms with van der Waals surface area (Å²) >= 11 is 0. The molecule has 0 bridgehead atoms. The van der Waals surface area contributed by atoms with Crippen molar-refractivity contribution < 1.29 is 9.53 Å². The van der Waals surface area contributed by atoms with Gasteiger partial charge in [0.1, 0.15) is 0 Å². The summed E-state index contributed by atoms with van der Waals surface area (Å²) in [5.41, 5.74) is 1.48. The summed E-state index contributed by atoms with van der Waals surface area (Å²) in [6, 6.07) is 10.0. The van der Waals surface area contributed by atoms with Crippen molar-refractivity contribution in [3.8, 4) is 6.07 Å². The predicted molar refractivity (Wildman–Crippen MR) is 84.9 cm³/mol. The van der Waals surface area contributed by atoms with E-state index < -0.39 is 11.4 Å². The Morgan fingerprint density at radius 3 is 2.73 bits per heavy atom. The number of carbonyl (C=O) groups is 1. The first-order valence-corrected chi connectivity index (χ1v) is 8.14. The second kappa shape index (κ2) is 5.96. The molecule has 114 valence electrons. The number of hydrogen-bond acceptors (Lipinski definition) is 3. The first kappa shape index (κ1) is 14.8. The molecule has 0 aromatic heterocycles. The van der Waals surface area contributed by atoms with Gasteiger partial charge in [-0.3, -0.25) is 0 Å². The lowest BCUT2D eigenvalue weighted by molar-refractivity contribution is -0.146. The van der Waals surface area contributed by atoms with Crippen molar-refractivity contribution in [1.82, 2.24) is 0 Å². The Balaban J connectivity index is 2.11. The molecule has 22 heavy (non-hydrogen) atoms. The van der Waals surface area contributed by atoms with Gasteiger partial charge < -0.3 is 4.74 Å². The second-order valence-corrected chi connectivity index (χ2v) is 6.10. The van der Waals surface area contributed by atoms with Gasteiger partial charge in [0.2, 0.25) is 5.41 Å². The highest BCUT2D eigenvalue weighted by atomic mass is 16.5. The third kappa shape index (κ3) is 2.14. The fourth-order valence-corrected chi connectivity index (χ4v) is 3.87. The Hall–Kier alpha value is -2.08. The highest BCUT2D eigenvalue weighted by Crippen LogP contribution is 2.49. The molecule has 0 aliphatic heterocycles. The Morgan fingerprint density at radius 1 is 1.32 bits per heavy atom. The minimum absolute atomic E-state index is 0.294. The van der Waals surface area contributed by atoms with Gasteiger partial charge >= 0.3 is 5.97 Å². The standard InChI is InChI=1S/C19H21NO2/c1-2-22-18(21)19(13-20)16-11-7-6-10-15(16)12-17(19)14-8-4-3-5-9-14/h6-7,10-12,14H,2-5,8-9H2,1H3. The van der Waals surface area contributed by atoms with Gasteiger partial charge in [0, 0.05) is 0 Å². The summed E-state index contributed by atoms with van der Waals surface area (Å²) in [6.07, 6.45) is 7.76. The van der Waals surface area contributed by atoms with Gasteiger partial charge in [-0.2, -0.15) is 5.26 Å². The number of carbonyl (C=O) groups excluding carboxylic acids is 1. The van der Waals surface area contributed by atoms with Crippen molar-refractivity contribution in [2.75, 3.05) is 6.61 Å². The lowest BCUT2D eigenvalue weighted by atomic mass is 9.70. The number of esters is 1. The number of nitrogens with zero attached hydrogens (tertiary/aromatic N) is 1. The molecule has 3 heteroatoms. The second-order valence-electron chi connectivity index (χ2n) is 6.10. The monoisotopic (exact) mass is 295 g/mol. The third-order valence-electron chi connectivity index (χ3n) is 4.90. The van der Waals surface area contributed by atoms with E-state index in [9.17, 15) is 10.1 Å². The van der Waals surface area contributed by atoms with Crippen molar-refractivity contribution in [3.63, 3.8) is 0 Å². The predicted octanol–water partition coefficient (Wildman–Crippen LogP) is 3.99. The molecule has 0 amide bonds. The van der Waals surface area contributed by atoms with Crippen LogP contribution in [0.1, 0.15) is 50.2 Å². The average molecular weight is 295 g/mol. The van der Waals surface area contributed by atoms with Crippen LogP contribution in [0.15, 0.2) is 29.8 Å². The Kier molecular flexibility index (Phi) is 4.02. The van der Waals surface area contributed by atoms with Crippen LogP contribution in [-0.4, -0.2) is 12.6 Å².